The van der Waals surface area contributed by atoms with E-state index in [1.165, 1.54) is 13.2 Å². The number of nitrogens with one attached hydrogen (secondary N) is 1. The van der Waals surface area contributed by atoms with Crippen LogP contribution in [0.25, 0.3) is 0 Å². The lowest BCUT2D eigenvalue weighted by atomic mass is 10.3. The molecule has 0 saturated carbocycles. The van der Waals surface area contributed by atoms with Gasteiger partial charge in [0.15, 0.2) is 9.84 Å². The average Bonchev–Trinajstić information content (AvgIpc) is 2.36. The van der Waals surface area contributed by atoms with E-state index in [0.717, 1.165) is 0 Å². The van der Waals surface area contributed by atoms with Gasteiger partial charge in [-0.25, -0.2) is 8.42 Å². The van der Waals surface area contributed by atoms with Crippen LogP contribution in [0, 0.1) is 11.3 Å². The van der Waals surface area contributed by atoms with Crippen LogP contribution in [0.2, 0.25) is 5.02 Å². The van der Waals surface area contributed by atoms with Gasteiger partial charge < -0.3 is 10.1 Å². The van der Waals surface area contributed by atoms with E-state index in [1.807, 2.05) is 0 Å². The van der Waals surface area contributed by atoms with E-state index in [-0.39, 0.29) is 12.2 Å². The van der Waals surface area contributed by atoms with Crippen LogP contribution in [-0.2, 0) is 14.6 Å². The zero-order valence-electron chi connectivity index (χ0n) is 10.7. The molecule has 20 heavy (non-hydrogen) atoms. The predicted octanol–water partition coefficient (Wildman–Crippen LogP) is 1.62. The number of halogens is 1. The molecule has 1 N–H and O–H groups in total. The first-order chi connectivity index (χ1) is 9.38. The number of hydrogen-bond acceptors (Lipinski definition) is 5. The maximum Gasteiger partial charge on any atom is 0.239 e. The number of amides is 1. The molecule has 0 aromatic heterocycles. The van der Waals surface area contributed by atoms with Gasteiger partial charge in [-0.3, -0.25) is 4.79 Å². The monoisotopic (exact) mass is 316 g/mol. The number of hydrogen-bond donors (Lipinski definition) is 1. The lowest BCUT2D eigenvalue weighted by molar-refractivity contribution is -0.113. The third kappa shape index (κ3) is 5.07. The first-order valence-electron chi connectivity index (χ1n) is 5.58. The molecule has 0 aliphatic rings. The molecule has 0 aliphatic carbocycles. The van der Waals surface area contributed by atoms with Crippen LogP contribution < -0.4 is 10.1 Å². The van der Waals surface area contributed by atoms with E-state index in [1.54, 1.807) is 18.2 Å². The molecule has 0 heterocycles. The summed E-state index contributed by atoms with van der Waals surface area (Å²) in [5.74, 6) is -1.23. The Balaban J connectivity index is 2.68. The fraction of sp³-hybridized carbons (Fsp3) is 0.333. The van der Waals surface area contributed by atoms with Crippen LogP contribution >= 0.6 is 11.6 Å². The molecular weight excluding hydrogens is 304 g/mol. The molecule has 1 amide bonds. The van der Waals surface area contributed by atoms with Crippen LogP contribution in [0.4, 0.5) is 5.69 Å². The van der Waals surface area contributed by atoms with Gasteiger partial charge in [0.25, 0.3) is 0 Å². The molecule has 1 aromatic carbocycles. The molecule has 0 atom stereocenters. The van der Waals surface area contributed by atoms with Crippen molar-refractivity contribution in [2.75, 3.05) is 23.9 Å². The highest BCUT2D eigenvalue weighted by atomic mass is 35.5. The molecule has 1 rings (SSSR count). The van der Waals surface area contributed by atoms with E-state index in [0.29, 0.717) is 16.5 Å². The van der Waals surface area contributed by atoms with Gasteiger partial charge >= 0.3 is 0 Å². The number of benzene rings is 1. The van der Waals surface area contributed by atoms with Gasteiger partial charge in [-0.15, -0.1) is 0 Å². The quantitative estimate of drug-likeness (QED) is 0.860. The summed E-state index contributed by atoms with van der Waals surface area (Å²) < 4.78 is 28.0. The van der Waals surface area contributed by atoms with Crippen molar-refractivity contribution in [3.05, 3.63) is 23.2 Å². The maximum absolute atomic E-state index is 11.6. The first-order valence-corrected chi connectivity index (χ1v) is 7.78. The molecule has 108 valence electrons. The number of sulfone groups is 1. The van der Waals surface area contributed by atoms with E-state index in [2.05, 4.69) is 5.32 Å². The molecule has 0 radical (unpaired) electrons. The number of nitriles is 1. The third-order valence-electron chi connectivity index (χ3n) is 2.31. The standard InChI is InChI=1S/C12H13ClN2O4S/c1-19-11-4-3-9(7-10(11)13)15-12(16)8-20(17,18)6-2-5-14/h3-4,7H,2,6,8H2,1H3,(H,15,16). The number of nitrogens with zero attached hydrogens (tertiary/aromatic N) is 1. The molecule has 0 aliphatic heterocycles. The normalized spacial score (nSPS) is 10.7. The van der Waals surface area contributed by atoms with Gasteiger partial charge in [0.1, 0.15) is 11.5 Å². The number of methoxy groups -OCH3 is 1. The minimum absolute atomic E-state index is 0.135. The van der Waals surface area contributed by atoms with E-state index in [4.69, 9.17) is 21.6 Å². The summed E-state index contributed by atoms with van der Waals surface area (Å²) >= 11 is 5.88. The van der Waals surface area contributed by atoms with Crippen molar-refractivity contribution in [1.29, 1.82) is 5.26 Å². The fourth-order valence-corrected chi connectivity index (χ4v) is 2.69. The molecule has 8 heteroatoms. The summed E-state index contributed by atoms with van der Waals surface area (Å²) in [5.41, 5.74) is 0.372. The second kappa shape index (κ2) is 7.12. The van der Waals surface area contributed by atoms with Gasteiger partial charge in [0, 0.05) is 12.1 Å². The Kier molecular flexibility index (Phi) is 5.80. The molecule has 0 unspecified atom stereocenters. The molecule has 0 bridgehead atoms. The summed E-state index contributed by atoms with van der Waals surface area (Å²) in [4.78, 5) is 11.6. The van der Waals surface area contributed by atoms with Crippen molar-refractivity contribution in [2.45, 2.75) is 6.42 Å². The topological polar surface area (TPSA) is 96.3 Å². The van der Waals surface area contributed by atoms with Gasteiger partial charge in [-0.05, 0) is 18.2 Å². The second-order valence-corrected chi connectivity index (χ2v) is 6.49. The Hall–Kier alpha value is -1.78. The Bertz CT molecular complexity index is 637. The lowest BCUT2D eigenvalue weighted by Crippen LogP contribution is -2.24. The Morgan fingerprint density at radius 2 is 2.20 bits per heavy atom. The summed E-state index contributed by atoms with van der Waals surface area (Å²) in [6.45, 7) is 0. The minimum atomic E-state index is -3.58. The predicted molar refractivity (Wildman–Crippen MR) is 75.5 cm³/mol. The highest BCUT2D eigenvalue weighted by Gasteiger charge is 2.16. The highest BCUT2D eigenvalue weighted by Crippen LogP contribution is 2.27. The van der Waals surface area contributed by atoms with Gasteiger partial charge in [0.05, 0.1) is 24.0 Å². The third-order valence-corrected chi connectivity index (χ3v) is 4.13. The maximum atomic E-state index is 11.6. The van der Waals surface area contributed by atoms with Crippen LogP contribution in [0.1, 0.15) is 6.42 Å². The summed E-state index contributed by atoms with van der Waals surface area (Å²) in [7, 11) is -2.12. The lowest BCUT2D eigenvalue weighted by Gasteiger charge is -2.08. The smallest absolute Gasteiger partial charge is 0.239 e. The zero-order chi connectivity index (χ0) is 15.2. The van der Waals surface area contributed by atoms with Crippen LogP contribution in [0.3, 0.4) is 0 Å². The summed E-state index contributed by atoms with van der Waals surface area (Å²) in [5, 5.41) is 11.1. The van der Waals surface area contributed by atoms with E-state index >= 15 is 0 Å². The fourth-order valence-electron chi connectivity index (χ4n) is 1.41. The van der Waals surface area contributed by atoms with Crippen molar-refractivity contribution in [1.82, 2.24) is 0 Å². The molecule has 6 nitrogen and oxygen atoms in total. The van der Waals surface area contributed by atoms with Gasteiger partial charge in [-0.1, -0.05) is 11.6 Å². The highest BCUT2D eigenvalue weighted by molar-refractivity contribution is 7.92. The Morgan fingerprint density at radius 3 is 2.75 bits per heavy atom. The summed E-state index contributed by atoms with van der Waals surface area (Å²) in [6.07, 6.45) is -0.135. The van der Waals surface area contributed by atoms with Crippen molar-refractivity contribution in [3.8, 4) is 11.8 Å². The van der Waals surface area contributed by atoms with Crippen molar-refractivity contribution in [2.24, 2.45) is 0 Å². The van der Waals surface area contributed by atoms with Gasteiger partial charge in [0.2, 0.25) is 5.91 Å². The van der Waals surface area contributed by atoms with Gasteiger partial charge in [-0.2, -0.15) is 5.26 Å². The Labute approximate surface area is 122 Å². The number of ether oxygens (including phenoxy) is 1. The number of carbonyl (C=O) groups is 1. The summed E-state index contributed by atoms with van der Waals surface area (Å²) in [6, 6.07) is 6.29. The average molecular weight is 317 g/mol. The largest absolute Gasteiger partial charge is 0.495 e. The minimum Gasteiger partial charge on any atom is -0.495 e. The zero-order valence-corrected chi connectivity index (χ0v) is 12.3. The van der Waals surface area contributed by atoms with Crippen LogP contribution in [0.15, 0.2) is 18.2 Å². The molecule has 0 saturated heterocycles. The van der Waals surface area contributed by atoms with E-state index < -0.39 is 21.5 Å². The first kappa shape index (κ1) is 16.3. The van der Waals surface area contributed by atoms with Crippen molar-refractivity contribution < 1.29 is 17.9 Å². The molecular formula is C12H13ClN2O4S. The Morgan fingerprint density at radius 1 is 1.50 bits per heavy atom. The molecule has 0 fully saturated rings. The molecule has 0 spiro atoms. The second-order valence-electron chi connectivity index (χ2n) is 3.90. The van der Waals surface area contributed by atoms with E-state index in [9.17, 15) is 13.2 Å². The van der Waals surface area contributed by atoms with Crippen molar-refractivity contribution >= 4 is 33.0 Å². The SMILES string of the molecule is COc1ccc(NC(=O)CS(=O)(=O)CCC#N)cc1Cl. The number of rotatable bonds is 6. The number of carbonyl (C=O) groups excluding carboxylic acids is 1. The number of anilines is 1. The van der Waals surface area contributed by atoms with Crippen LogP contribution in [-0.4, -0.2) is 32.9 Å². The molecule has 1 aromatic rings. The van der Waals surface area contributed by atoms with Crippen molar-refractivity contribution in [3.63, 3.8) is 0 Å². The van der Waals surface area contributed by atoms with Crippen LogP contribution in [0.5, 0.6) is 5.75 Å².